The zero-order chi connectivity index (χ0) is 23.2. The van der Waals surface area contributed by atoms with Gasteiger partial charge in [0.15, 0.2) is 0 Å². The van der Waals surface area contributed by atoms with Crippen LogP contribution in [0.25, 0.3) is 0 Å². The van der Waals surface area contributed by atoms with Gasteiger partial charge in [0.05, 0.1) is 30.3 Å². The van der Waals surface area contributed by atoms with Gasteiger partial charge in [0.1, 0.15) is 11.8 Å². The molecule has 31 heavy (non-hydrogen) atoms. The predicted molar refractivity (Wildman–Crippen MR) is 122 cm³/mol. The summed E-state index contributed by atoms with van der Waals surface area (Å²) >= 11 is 0. The fourth-order valence-corrected chi connectivity index (χ4v) is 4.15. The first-order valence-corrected chi connectivity index (χ1v) is 11.8. The summed E-state index contributed by atoms with van der Waals surface area (Å²) in [5.41, 5.74) is 0.905. The molecule has 2 aromatic carbocycles. The van der Waals surface area contributed by atoms with Crippen LogP contribution in [0.1, 0.15) is 37.6 Å². The fourth-order valence-electron chi connectivity index (χ4n) is 2.99. The van der Waals surface area contributed by atoms with E-state index in [1.165, 1.54) is 14.0 Å². The second kappa shape index (κ2) is 10.3. The highest BCUT2D eigenvalue weighted by Gasteiger charge is 2.30. The lowest BCUT2D eigenvalue weighted by molar-refractivity contribution is -0.116. The van der Waals surface area contributed by atoms with Gasteiger partial charge in [-0.2, -0.15) is 0 Å². The molecular formula is C22H29N3O5S. The van der Waals surface area contributed by atoms with E-state index < -0.39 is 22.0 Å². The van der Waals surface area contributed by atoms with Crippen LogP contribution in [0.2, 0.25) is 0 Å². The van der Waals surface area contributed by atoms with Gasteiger partial charge < -0.3 is 15.4 Å². The number of hydrogen-bond donors (Lipinski definition) is 2. The van der Waals surface area contributed by atoms with Crippen LogP contribution < -0.4 is 19.7 Å². The van der Waals surface area contributed by atoms with Crippen molar-refractivity contribution in [2.45, 2.75) is 39.3 Å². The average molecular weight is 448 g/mol. The third-order valence-corrected chi connectivity index (χ3v) is 6.06. The molecule has 0 radical (unpaired) electrons. The van der Waals surface area contributed by atoms with Crippen LogP contribution >= 0.6 is 0 Å². The number of sulfonamides is 1. The zero-order valence-corrected chi connectivity index (χ0v) is 19.2. The van der Waals surface area contributed by atoms with E-state index in [-0.39, 0.29) is 11.9 Å². The quantitative estimate of drug-likeness (QED) is 0.615. The van der Waals surface area contributed by atoms with Gasteiger partial charge in [0.2, 0.25) is 15.9 Å². The number of carbonyl (C=O) groups is 2. The van der Waals surface area contributed by atoms with Crippen molar-refractivity contribution in [2.75, 3.05) is 23.0 Å². The number of anilines is 2. The molecule has 0 bridgehead atoms. The molecule has 0 saturated carbocycles. The van der Waals surface area contributed by atoms with Gasteiger partial charge in [-0.1, -0.05) is 25.1 Å². The van der Waals surface area contributed by atoms with Crippen LogP contribution in [0.15, 0.2) is 48.5 Å². The van der Waals surface area contributed by atoms with Crippen molar-refractivity contribution in [2.24, 2.45) is 0 Å². The topological polar surface area (TPSA) is 105 Å². The summed E-state index contributed by atoms with van der Waals surface area (Å²) in [6, 6.07) is 11.9. The van der Waals surface area contributed by atoms with Crippen LogP contribution in [0.3, 0.4) is 0 Å². The maximum Gasteiger partial charge on any atom is 0.253 e. The molecular weight excluding hydrogens is 418 g/mol. The van der Waals surface area contributed by atoms with Crippen molar-refractivity contribution in [3.05, 3.63) is 54.1 Å². The Morgan fingerprint density at radius 3 is 2.39 bits per heavy atom. The molecule has 0 aliphatic rings. The minimum atomic E-state index is -3.79. The Bertz CT molecular complexity index is 1040. The zero-order valence-electron chi connectivity index (χ0n) is 18.4. The molecule has 2 rings (SSSR count). The number of ether oxygens (including phenoxy) is 1. The van der Waals surface area contributed by atoms with Gasteiger partial charge in [0.25, 0.3) is 5.91 Å². The first kappa shape index (κ1) is 24.2. The van der Waals surface area contributed by atoms with E-state index in [0.717, 1.165) is 17.0 Å². The van der Waals surface area contributed by atoms with E-state index in [4.69, 9.17) is 4.74 Å². The molecule has 0 aromatic heterocycles. The summed E-state index contributed by atoms with van der Waals surface area (Å²) in [5.74, 6) is -0.423. The number of carbonyl (C=O) groups excluding carboxylic acids is 2. The highest BCUT2D eigenvalue weighted by molar-refractivity contribution is 7.92. The Kier molecular flexibility index (Phi) is 8.04. The Morgan fingerprint density at radius 1 is 1.10 bits per heavy atom. The molecule has 9 heteroatoms. The lowest BCUT2D eigenvalue weighted by Gasteiger charge is -2.28. The molecule has 2 aromatic rings. The normalized spacial score (nSPS) is 13.1. The van der Waals surface area contributed by atoms with Crippen molar-refractivity contribution in [1.29, 1.82) is 0 Å². The first-order valence-electron chi connectivity index (χ1n) is 9.92. The Balaban J connectivity index is 2.32. The molecule has 0 fully saturated rings. The maximum absolute atomic E-state index is 13.0. The first-order chi connectivity index (χ1) is 14.6. The molecule has 2 atom stereocenters. The molecule has 2 N–H and O–H groups in total. The van der Waals surface area contributed by atoms with Gasteiger partial charge in [-0.3, -0.25) is 13.9 Å². The van der Waals surface area contributed by atoms with Crippen LogP contribution in [0.4, 0.5) is 11.4 Å². The summed E-state index contributed by atoms with van der Waals surface area (Å²) in [6.07, 6.45) is 1.80. The Morgan fingerprint density at radius 2 is 1.77 bits per heavy atom. The number of hydrogen-bond acceptors (Lipinski definition) is 5. The summed E-state index contributed by atoms with van der Waals surface area (Å²) in [4.78, 5) is 25.6. The number of nitrogens with zero attached hydrogens (tertiary/aromatic N) is 1. The smallest absolute Gasteiger partial charge is 0.253 e. The summed E-state index contributed by atoms with van der Waals surface area (Å²) in [6.45, 7) is 5.33. The molecule has 0 aliphatic heterocycles. The van der Waals surface area contributed by atoms with Gasteiger partial charge >= 0.3 is 0 Å². The number of amides is 2. The highest BCUT2D eigenvalue weighted by Crippen LogP contribution is 2.26. The molecule has 8 nitrogen and oxygen atoms in total. The van der Waals surface area contributed by atoms with E-state index in [1.807, 2.05) is 13.8 Å². The number of para-hydroxylation sites is 1. The van der Waals surface area contributed by atoms with Crippen molar-refractivity contribution >= 4 is 33.2 Å². The summed E-state index contributed by atoms with van der Waals surface area (Å²) in [7, 11) is -2.31. The third-order valence-electron chi connectivity index (χ3n) is 4.82. The molecule has 2 amide bonds. The van der Waals surface area contributed by atoms with Crippen LogP contribution in [0.5, 0.6) is 5.75 Å². The van der Waals surface area contributed by atoms with Gasteiger partial charge in [0, 0.05) is 12.1 Å². The fraction of sp³-hybridized carbons (Fsp3) is 0.364. The van der Waals surface area contributed by atoms with Crippen molar-refractivity contribution in [1.82, 2.24) is 5.32 Å². The van der Waals surface area contributed by atoms with E-state index in [1.54, 1.807) is 48.5 Å². The molecule has 168 valence electrons. The lowest BCUT2D eigenvalue weighted by atomic mass is 10.1. The molecule has 0 aliphatic carbocycles. The van der Waals surface area contributed by atoms with Crippen LogP contribution in [-0.4, -0.2) is 45.7 Å². The largest absolute Gasteiger partial charge is 0.497 e. The lowest BCUT2D eigenvalue weighted by Crippen LogP contribution is -2.45. The van der Waals surface area contributed by atoms with E-state index in [9.17, 15) is 18.0 Å². The van der Waals surface area contributed by atoms with Crippen LogP contribution in [-0.2, 0) is 14.8 Å². The molecule has 0 spiro atoms. The molecule has 0 unspecified atom stereocenters. The van der Waals surface area contributed by atoms with E-state index in [2.05, 4.69) is 10.6 Å². The van der Waals surface area contributed by atoms with Crippen molar-refractivity contribution in [3.8, 4) is 5.75 Å². The maximum atomic E-state index is 13.0. The monoisotopic (exact) mass is 447 g/mol. The molecule has 0 heterocycles. The van der Waals surface area contributed by atoms with Crippen molar-refractivity contribution < 1.29 is 22.7 Å². The van der Waals surface area contributed by atoms with Gasteiger partial charge in [-0.25, -0.2) is 8.42 Å². The third kappa shape index (κ3) is 6.21. The number of nitrogens with one attached hydrogen (secondary N) is 2. The van der Waals surface area contributed by atoms with Crippen molar-refractivity contribution in [3.63, 3.8) is 0 Å². The van der Waals surface area contributed by atoms with Gasteiger partial charge in [-0.05, 0) is 44.5 Å². The summed E-state index contributed by atoms with van der Waals surface area (Å²) in [5, 5.41) is 5.56. The summed E-state index contributed by atoms with van der Waals surface area (Å²) < 4.78 is 31.2. The predicted octanol–water partition coefficient (Wildman–Crippen LogP) is 3.02. The average Bonchev–Trinajstić information content (AvgIpc) is 2.73. The number of benzene rings is 2. The highest BCUT2D eigenvalue weighted by atomic mass is 32.2. The Labute approximate surface area is 183 Å². The Hall–Kier alpha value is -3.07. The number of methoxy groups -OCH3 is 1. The molecule has 0 saturated heterocycles. The SMILES string of the molecule is CC[C@@H](C)NC(=O)c1ccccc1NC(=O)[C@@H](C)N(c1cccc(OC)c1)S(C)(=O)=O. The minimum Gasteiger partial charge on any atom is -0.497 e. The second-order valence-corrected chi connectivity index (χ2v) is 9.11. The van der Waals surface area contributed by atoms with E-state index >= 15 is 0 Å². The van der Waals surface area contributed by atoms with Gasteiger partial charge in [-0.15, -0.1) is 0 Å². The standard InChI is InChI=1S/C22H29N3O5S/c1-6-15(2)23-22(27)19-12-7-8-13-20(19)24-21(26)16(3)25(31(5,28)29)17-10-9-11-18(14-17)30-4/h7-16H,6H2,1-5H3,(H,23,27)(H,24,26)/t15-,16-/m1/s1. The van der Waals surface area contributed by atoms with E-state index in [0.29, 0.717) is 22.7 Å². The minimum absolute atomic E-state index is 0.0241. The van der Waals surface area contributed by atoms with Crippen LogP contribution in [0, 0.1) is 0 Å². The second-order valence-electron chi connectivity index (χ2n) is 7.25. The number of rotatable bonds is 9.